The van der Waals surface area contributed by atoms with E-state index in [1.54, 1.807) is 13.8 Å². The second-order valence-electron chi connectivity index (χ2n) is 2.95. The van der Waals surface area contributed by atoms with E-state index in [9.17, 15) is 9.36 Å². The summed E-state index contributed by atoms with van der Waals surface area (Å²) < 4.78 is 31.4. The second kappa shape index (κ2) is 8.42. The first kappa shape index (κ1) is 16.3. The summed E-state index contributed by atoms with van der Waals surface area (Å²) in [7, 11) is -3.69. The topological polar surface area (TPSA) is 71.1 Å². The summed E-state index contributed by atoms with van der Waals surface area (Å²) in [5, 5.41) is 0. The van der Waals surface area contributed by atoms with Crippen molar-refractivity contribution < 1.29 is 27.7 Å². The smallest absolute Gasteiger partial charge is 0.460 e. The number of hydrogen-bond donors (Lipinski definition) is 0. The van der Waals surface area contributed by atoms with E-state index in [2.05, 4.69) is 6.58 Å². The normalized spacial score (nSPS) is 13.1. The van der Waals surface area contributed by atoms with E-state index in [0.717, 1.165) is 0 Å². The minimum atomic E-state index is -3.69. The average Bonchev–Trinajstić information content (AvgIpc) is 2.26. The molecule has 0 aromatic heterocycles. The highest BCUT2D eigenvalue weighted by atomic mass is 31.2. The van der Waals surface area contributed by atoms with Crippen molar-refractivity contribution in [2.75, 3.05) is 19.8 Å². The number of phosphoric acid groups is 1. The first-order valence-corrected chi connectivity index (χ1v) is 6.80. The minimum absolute atomic E-state index is 0.0695. The number of carbonyl (C=O) groups excluding carboxylic acids is 1. The van der Waals surface area contributed by atoms with Gasteiger partial charge in [-0.15, -0.1) is 0 Å². The Bertz CT molecular complexity index is 281. The van der Waals surface area contributed by atoms with Gasteiger partial charge in [0.2, 0.25) is 0 Å². The van der Waals surface area contributed by atoms with Crippen molar-refractivity contribution in [3.63, 3.8) is 0 Å². The Morgan fingerprint density at radius 3 is 2.29 bits per heavy atom. The Labute approximate surface area is 101 Å². The van der Waals surface area contributed by atoms with Crippen LogP contribution < -0.4 is 0 Å². The molecule has 0 amide bonds. The van der Waals surface area contributed by atoms with Gasteiger partial charge in [-0.2, -0.15) is 0 Å². The number of esters is 1. The van der Waals surface area contributed by atoms with E-state index in [-0.39, 0.29) is 19.8 Å². The lowest BCUT2D eigenvalue weighted by atomic mass is 10.4. The Hall–Kier alpha value is -0.680. The summed E-state index contributed by atoms with van der Waals surface area (Å²) in [5.41, 5.74) is 0. The van der Waals surface area contributed by atoms with Crippen LogP contribution in [0.4, 0.5) is 0 Å². The molecule has 1 atom stereocenters. The number of carbonyl (C=O) groups is 1. The molecule has 0 saturated heterocycles. The fraction of sp³-hybridized carbons (Fsp3) is 0.700. The lowest BCUT2D eigenvalue weighted by Gasteiger charge is -2.19. The SMILES string of the molecule is C=CCOC(=O)C(C)OP(=O)(OCC)OCC. The first-order valence-electron chi connectivity index (χ1n) is 5.34. The largest absolute Gasteiger partial charge is 0.475 e. The Morgan fingerprint density at radius 1 is 1.35 bits per heavy atom. The van der Waals surface area contributed by atoms with Gasteiger partial charge in [-0.25, -0.2) is 9.36 Å². The molecule has 0 bridgehead atoms. The Morgan fingerprint density at radius 2 is 1.88 bits per heavy atom. The fourth-order valence-corrected chi connectivity index (χ4v) is 2.21. The highest BCUT2D eigenvalue weighted by molar-refractivity contribution is 7.48. The van der Waals surface area contributed by atoms with Gasteiger partial charge in [0.15, 0.2) is 6.10 Å². The summed E-state index contributed by atoms with van der Waals surface area (Å²) >= 11 is 0. The first-order chi connectivity index (χ1) is 7.99. The van der Waals surface area contributed by atoms with Crippen molar-refractivity contribution in [1.29, 1.82) is 0 Å². The Balaban J connectivity index is 4.38. The van der Waals surface area contributed by atoms with Gasteiger partial charge in [0.05, 0.1) is 13.2 Å². The molecule has 0 fully saturated rings. The molecule has 0 N–H and O–H groups in total. The van der Waals surface area contributed by atoms with Gasteiger partial charge in [0.1, 0.15) is 6.61 Å². The van der Waals surface area contributed by atoms with Gasteiger partial charge >= 0.3 is 13.8 Å². The monoisotopic (exact) mass is 266 g/mol. The molecule has 0 aliphatic heterocycles. The van der Waals surface area contributed by atoms with Crippen LogP contribution in [0.5, 0.6) is 0 Å². The molecule has 0 aromatic rings. The number of phosphoric ester groups is 1. The lowest BCUT2D eigenvalue weighted by molar-refractivity contribution is -0.150. The average molecular weight is 266 g/mol. The molecular formula is C10H19O6P. The molecule has 0 aliphatic carbocycles. The summed E-state index contributed by atoms with van der Waals surface area (Å²) in [6, 6.07) is 0. The Kier molecular flexibility index (Phi) is 8.08. The van der Waals surface area contributed by atoms with Crippen LogP contribution in [0.25, 0.3) is 0 Å². The van der Waals surface area contributed by atoms with Gasteiger partial charge < -0.3 is 4.74 Å². The molecule has 0 aromatic carbocycles. The van der Waals surface area contributed by atoms with Crippen LogP contribution >= 0.6 is 7.82 Å². The summed E-state index contributed by atoms with van der Waals surface area (Å²) in [4.78, 5) is 11.4. The van der Waals surface area contributed by atoms with E-state index in [0.29, 0.717) is 0 Å². The molecule has 17 heavy (non-hydrogen) atoms. The molecule has 1 unspecified atom stereocenters. The maximum Gasteiger partial charge on any atom is 0.475 e. The highest BCUT2D eigenvalue weighted by Crippen LogP contribution is 2.50. The van der Waals surface area contributed by atoms with Gasteiger partial charge in [-0.05, 0) is 20.8 Å². The fourth-order valence-electron chi connectivity index (χ4n) is 0.909. The van der Waals surface area contributed by atoms with Crippen molar-refractivity contribution >= 4 is 13.8 Å². The third kappa shape index (κ3) is 6.58. The summed E-state index contributed by atoms with van der Waals surface area (Å²) in [6.45, 7) is 8.50. The lowest BCUT2D eigenvalue weighted by Crippen LogP contribution is -2.23. The van der Waals surface area contributed by atoms with Crippen molar-refractivity contribution in [3.8, 4) is 0 Å². The van der Waals surface area contributed by atoms with Crippen molar-refractivity contribution in [2.45, 2.75) is 26.9 Å². The van der Waals surface area contributed by atoms with Gasteiger partial charge in [-0.3, -0.25) is 13.6 Å². The molecule has 0 saturated carbocycles. The number of hydrogen-bond acceptors (Lipinski definition) is 6. The van der Waals surface area contributed by atoms with E-state index in [1.165, 1.54) is 13.0 Å². The molecule has 0 radical (unpaired) electrons. The molecule has 0 aliphatic rings. The number of ether oxygens (including phenoxy) is 1. The highest BCUT2D eigenvalue weighted by Gasteiger charge is 2.31. The third-order valence-electron chi connectivity index (χ3n) is 1.54. The van der Waals surface area contributed by atoms with Crippen LogP contribution in [0.3, 0.4) is 0 Å². The van der Waals surface area contributed by atoms with Gasteiger partial charge in [-0.1, -0.05) is 12.7 Å². The van der Waals surface area contributed by atoms with Crippen molar-refractivity contribution in [3.05, 3.63) is 12.7 Å². The van der Waals surface area contributed by atoms with Gasteiger partial charge in [0, 0.05) is 0 Å². The quantitative estimate of drug-likeness (QED) is 0.362. The van der Waals surface area contributed by atoms with E-state index in [4.69, 9.17) is 18.3 Å². The standard InChI is InChI=1S/C10H19O6P/c1-5-8-13-10(11)9(4)16-17(12,14-6-2)15-7-3/h5,9H,1,6-8H2,2-4H3. The van der Waals surface area contributed by atoms with Gasteiger partial charge in [0.25, 0.3) is 0 Å². The van der Waals surface area contributed by atoms with E-state index < -0.39 is 19.9 Å². The molecule has 6 nitrogen and oxygen atoms in total. The zero-order valence-corrected chi connectivity index (χ0v) is 11.3. The second-order valence-corrected chi connectivity index (χ2v) is 4.57. The minimum Gasteiger partial charge on any atom is -0.460 e. The third-order valence-corrected chi connectivity index (χ3v) is 3.26. The van der Waals surface area contributed by atoms with Crippen LogP contribution in [-0.4, -0.2) is 31.9 Å². The summed E-state index contributed by atoms with van der Waals surface area (Å²) in [6.07, 6.45) is 0.397. The zero-order chi connectivity index (χ0) is 13.3. The van der Waals surface area contributed by atoms with Crippen LogP contribution in [0.1, 0.15) is 20.8 Å². The molecule has 0 heterocycles. The maximum atomic E-state index is 11.9. The van der Waals surface area contributed by atoms with Crippen LogP contribution in [0.15, 0.2) is 12.7 Å². The van der Waals surface area contributed by atoms with Crippen LogP contribution in [0.2, 0.25) is 0 Å². The number of rotatable bonds is 9. The summed E-state index contributed by atoms with van der Waals surface area (Å²) in [5.74, 6) is -0.649. The van der Waals surface area contributed by atoms with E-state index in [1.807, 2.05) is 0 Å². The zero-order valence-electron chi connectivity index (χ0n) is 10.4. The van der Waals surface area contributed by atoms with Crippen LogP contribution in [-0.2, 0) is 27.7 Å². The predicted molar refractivity (Wildman–Crippen MR) is 62.6 cm³/mol. The molecule has 100 valence electrons. The molecule has 7 heteroatoms. The van der Waals surface area contributed by atoms with Crippen LogP contribution in [0, 0.1) is 0 Å². The van der Waals surface area contributed by atoms with Crippen molar-refractivity contribution in [1.82, 2.24) is 0 Å². The molecular weight excluding hydrogens is 247 g/mol. The molecule has 0 rings (SSSR count). The van der Waals surface area contributed by atoms with E-state index >= 15 is 0 Å². The molecule has 0 spiro atoms. The van der Waals surface area contributed by atoms with Crippen molar-refractivity contribution in [2.24, 2.45) is 0 Å². The predicted octanol–water partition coefficient (Wildman–Crippen LogP) is 2.30. The maximum absolute atomic E-state index is 11.9.